The van der Waals surface area contributed by atoms with Crippen LogP contribution in [0, 0.1) is 0 Å². The van der Waals surface area contributed by atoms with E-state index in [0.29, 0.717) is 22.5 Å². The third-order valence-corrected chi connectivity index (χ3v) is 3.86. The Labute approximate surface area is 160 Å². The number of carbonyl (C=O) groups is 3. The number of carbonyl (C=O) groups excluding carboxylic acids is 3. The second kappa shape index (κ2) is 8.21. The molecule has 1 aromatic heterocycles. The van der Waals surface area contributed by atoms with Crippen molar-refractivity contribution in [2.45, 2.75) is 20.0 Å². The number of hydrogen-bond donors (Lipinski definition) is 1. The highest BCUT2D eigenvalue weighted by atomic mass is 16.5. The van der Waals surface area contributed by atoms with Crippen LogP contribution in [0.2, 0.25) is 0 Å². The molecule has 0 spiro atoms. The van der Waals surface area contributed by atoms with E-state index in [1.54, 1.807) is 48.5 Å². The number of esters is 1. The summed E-state index contributed by atoms with van der Waals surface area (Å²) in [5, 5.41) is 13.5. The lowest BCUT2D eigenvalue weighted by Gasteiger charge is -2.13. The molecule has 0 saturated carbocycles. The Bertz CT molecular complexity index is 982. The van der Waals surface area contributed by atoms with E-state index in [4.69, 9.17) is 4.74 Å². The Morgan fingerprint density at radius 2 is 1.64 bits per heavy atom. The molecule has 1 amide bonds. The normalized spacial score (nSPS) is 11.5. The molecule has 0 radical (unpaired) electrons. The predicted molar refractivity (Wildman–Crippen MR) is 99.1 cm³/mol. The molecule has 9 nitrogen and oxygen atoms in total. The number of nitrogens with zero attached hydrogens (tertiary/aromatic N) is 4. The summed E-state index contributed by atoms with van der Waals surface area (Å²) in [5.41, 5.74) is 1.95. The van der Waals surface area contributed by atoms with E-state index in [9.17, 15) is 14.4 Å². The van der Waals surface area contributed by atoms with Gasteiger partial charge in [0.25, 0.3) is 0 Å². The third-order valence-electron chi connectivity index (χ3n) is 3.86. The zero-order chi connectivity index (χ0) is 20.1. The molecule has 3 aromatic rings. The summed E-state index contributed by atoms with van der Waals surface area (Å²) in [6.07, 6.45) is 0.476. The summed E-state index contributed by atoms with van der Waals surface area (Å²) in [7, 11) is 0. The molecule has 142 valence electrons. The lowest BCUT2D eigenvalue weighted by Crippen LogP contribution is -2.24. The minimum absolute atomic E-state index is 0.201. The van der Waals surface area contributed by atoms with E-state index < -0.39 is 12.1 Å². The van der Waals surface area contributed by atoms with Crippen molar-refractivity contribution in [3.05, 3.63) is 66.0 Å². The Hall–Kier alpha value is -3.88. The van der Waals surface area contributed by atoms with E-state index in [2.05, 4.69) is 20.8 Å². The first kappa shape index (κ1) is 18.9. The molecule has 0 fully saturated rings. The van der Waals surface area contributed by atoms with Crippen molar-refractivity contribution in [2.24, 2.45) is 0 Å². The summed E-state index contributed by atoms with van der Waals surface area (Å²) in [4.78, 5) is 35.8. The van der Waals surface area contributed by atoms with Crippen LogP contribution in [-0.2, 0) is 9.53 Å². The van der Waals surface area contributed by atoms with Crippen LogP contribution in [0.3, 0.4) is 0 Å². The highest BCUT2D eigenvalue weighted by molar-refractivity contribution is 6.02. The molecule has 2 aromatic carbocycles. The third kappa shape index (κ3) is 4.44. The van der Waals surface area contributed by atoms with Gasteiger partial charge in [-0.3, -0.25) is 9.59 Å². The van der Waals surface area contributed by atoms with Gasteiger partial charge in [-0.1, -0.05) is 0 Å². The number of benzene rings is 2. The molecule has 0 aliphatic heterocycles. The molecule has 0 bridgehead atoms. The zero-order valence-corrected chi connectivity index (χ0v) is 15.2. The Balaban J connectivity index is 1.63. The molecule has 9 heteroatoms. The first-order valence-corrected chi connectivity index (χ1v) is 8.40. The van der Waals surface area contributed by atoms with Gasteiger partial charge >= 0.3 is 5.97 Å². The number of ether oxygens (including phenoxy) is 1. The highest BCUT2D eigenvalue weighted by Gasteiger charge is 2.20. The van der Waals surface area contributed by atoms with E-state index in [0.717, 1.165) is 0 Å². The second-order valence-electron chi connectivity index (χ2n) is 5.97. The van der Waals surface area contributed by atoms with Crippen molar-refractivity contribution in [2.75, 3.05) is 5.32 Å². The van der Waals surface area contributed by atoms with Crippen molar-refractivity contribution in [1.29, 1.82) is 0 Å². The van der Waals surface area contributed by atoms with Crippen LogP contribution in [0.1, 0.15) is 34.6 Å². The zero-order valence-electron chi connectivity index (χ0n) is 15.2. The average molecular weight is 379 g/mol. The Kier molecular flexibility index (Phi) is 5.54. The van der Waals surface area contributed by atoms with Gasteiger partial charge in [-0.15, -0.1) is 5.10 Å². The summed E-state index contributed by atoms with van der Waals surface area (Å²) < 4.78 is 6.72. The van der Waals surface area contributed by atoms with Gasteiger partial charge in [0.15, 0.2) is 6.10 Å². The fraction of sp³-hybridized carbons (Fsp3) is 0.158. The summed E-state index contributed by atoms with van der Waals surface area (Å²) in [5.74, 6) is -1.15. The maximum absolute atomic E-state index is 12.5. The monoisotopic (exact) mass is 379 g/mol. The SMILES string of the molecule is CC(=O)Nc1ccc(C(=O)[C@H](C)OC(=O)c2ccc(-n3cnnn3)cc2)cc1. The van der Waals surface area contributed by atoms with Gasteiger partial charge in [-0.2, -0.15) is 0 Å². The molecule has 1 atom stereocenters. The molecular formula is C19H17N5O4. The quantitative estimate of drug-likeness (QED) is 0.515. The fourth-order valence-electron chi connectivity index (χ4n) is 2.47. The topological polar surface area (TPSA) is 116 Å². The Morgan fingerprint density at radius 3 is 2.21 bits per heavy atom. The number of hydrogen-bond acceptors (Lipinski definition) is 7. The number of anilines is 1. The number of amides is 1. The van der Waals surface area contributed by atoms with Gasteiger partial charge in [-0.25, -0.2) is 9.48 Å². The summed E-state index contributed by atoms with van der Waals surface area (Å²) >= 11 is 0. The number of nitrogens with one attached hydrogen (secondary N) is 1. The largest absolute Gasteiger partial charge is 0.451 e. The maximum Gasteiger partial charge on any atom is 0.338 e. The van der Waals surface area contributed by atoms with Crippen molar-refractivity contribution < 1.29 is 19.1 Å². The first-order chi connectivity index (χ1) is 13.4. The molecular weight excluding hydrogens is 362 g/mol. The van der Waals surface area contributed by atoms with Crippen molar-refractivity contribution in [3.8, 4) is 5.69 Å². The van der Waals surface area contributed by atoms with Crippen molar-refractivity contribution in [3.63, 3.8) is 0 Å². The van der Waals surface area contributed by atoms with E-state index in [1.165, 1.54) is 24.9 Å². The molecule has 0 saturated heterocycles. The van der Waals surface area contributed by atoms with E-state index in [-0.39, 0.29) is 11.7 Å². The summed E-state index contributed by atoms with van der Waals surface area (Å²) in [6.45, 7) is 2.91. The number of tetrazole rings is 1. The Morgan fingerprint density at radius 1 is 1.00 bits per heavy atom. The van der Waals surface area contributed by atoms with Crippen molar-refractivity contribution in [1.82, 2.24) is 20.2 Å². The minimum Gasteiger partial charge on any atom is -0.451 e. The lowest BCUT2D eigenvalue weighted by atomic mass is 10.1. The van der Waals surface area contributed by atoms with Crippen molar-refractivity contribution >= 4 is 23.3 Å². The van der Waals surface area contributed by atoms with Gasteiger partial charge in [0, 0.05) is 18.2 Å². The van der Waals surface area contributed by atoms with Crippen LogP contribution < -0.4 is 5.32 Å². The van der Waals surface area contributed by atoms with Crippen LogP contribution in [-0.4, -0.2) is 44.0 Å². The molecule has 28 heavy (non-hydrogen) atoms. The van der Waals surface area contributed by atoms with Gasteiger partial charge in [0.2, 0.25) is 11.7 Å². The molecule has 0 aliphatic rings. The minimum atomic E-state index is -0.960. The lowest BCUT2D eigenvalue weighted by molar-refractivity contribution is -0.114. The van der Waals surface area contributed by atoms with E-state index in [1.807, 2.05) is 0 Å². The van der Waals surface area contributed by atoms with Gasteiger partial charge in [-0.05, 0) is 65.9 Å². The van der Waals surface area contributed by atoms with Crippen LogP contribution in [0.25, 0.3) is 5.69 Å². The maximum atomic E-state index is 12.5. The fourth-order valence-corrected chi connectivity index (χ4v) is 2.47. The standard InChI is InChI=1S/C19H17N5O4/c1-12(18(26)14-3-7-16(8-4-14)21-13(2)25)28-19(27)15-5-9-17(10-6-15)24-11-20-22-23-24/h3-12H,1-2H3,(H,21,25)/t12-/m0/s1. The van der Waals surface area contributed by atoms with Gasteiger partial charge in [0.05, 0.1) is 11.3 Å². The number of ketones is 1. The van der Waals surface area contributed by atoms with E-state index >= 15 is 0 Å². The molecule has 0 aliphatic carbocycles. The second-order valence-corrected chi connectivity index (χ2v) is 5.97. The van der Waals surface area contributed by atoms with Crippen LogP contribution in [0.5, 0.6) is 0 Å². The van der Waals surface area contributed by atoms with Crippen LogP contribution in [0.4, 0.5) is 5.69 Å². The van der Waals surface area contributed by atoms with Gasteiger partial charge < -0.3 is 10.1 Å². The molecule has 0 unspecified atom stereocenters. The predicted octanol–water partition coefficient (Wildman–Crippen LogP) is 2.05. The molecule has 1 heterocycles. The van der Waals surface area contributed by atoms with Crippen LogP contribution >= 0.6 is 0 Å². The average Bonchev–Trinajstić information content (AvgIpc) is 3.22. The smallest absolute Gasteiger partial charge is 0.338 e. The molecule has 1 N–H and O–H groups in total. The first-order valence-electron chi connectivity index (χ1n) is 8.40. The molecule has 3 rings (SSSR count). The highest BCUT2D eigenvalue weighted by Crippen LogP contribution is 2.14. The van der Waals surface area contributed by atoms with Gasteiger partial charge in [0.1, 0.15) is 6.33 Å². The van der Waals surface area contributed by atoms with Crippen LogP contribution in [0.15, 0.2) is 54.9 Å². The number of rotatable bonds is 6. The summed E-state index contributed by atoms with van der Waals surface area (Å²) in [6, 6.07) is 12.8. The number of aromatic nitrogens is 4. The number of Topliss-reactive ketones (excluding diaryl/α,β-unsaturated/α-hetero) is 1.